The summed E-state index contributed by atoms with van der Waals surface area (Å²) in [6, 6.07) is 18.5. The molecule has 0 unspecified atom stereocenters. The van der Waals surface area contributed by atoms with Crippen LogP contribution in [-0.2, 0) is 26.1 Å². The van der Waals surface area contributed by atoms with Gasteiger partial charge in [-0.05, 0) is 35.2 Å². The van der Waals surface area contributed by atoms with Crippen LogP contribution in [-0.4, -0.2) is 59.6 Å². The Bertz CT molecular complexity index is 1150. The minimum absolute atomic E-state index is 0.0776. The van der Waals surface area contributed by atoms with Crippen molar-refractivity contribution in [2.75, 3.05) is 44.7 Å². The molecule has 1 fully saturated rings. The number of ether oxygens (including phenoxy) is 1. The molecule has 0 aliphatic carbocycles. The molecule has 1 aromatic heterocycles. The van der Waals surface area contributed by atoms with Crippen molar-refractivity contribution in [2.24, 2.45) is 0 Å². The molecule has 0 atom stereocenters. The minimum Gasteiger partial charge on any atom is -0.497 e. The van der Waals surface area contributed by atoms with Crippen molar-refractivity contribution in [3.63, 3.8) is 0 Å². The predicted molar refractivity (Wildman–Crippen MR) is 130 cm³/mol. The van der Waals surface area contributed by atoms with E-state index in [1.807, 2.05) is 12.1 Å². The van der Waals surface area contributed by atoms with Crippen LogP contribution in [0.3, 0.4) is 0 Å². The number of rotatable bonds is 6. The van der Waals surface area contributed by atoms with Crippen LogP contribution in [0.2, 0.25) is 0 Å². The van der Waals surface area contributed by atoms with E-state index in [1.165, 1.54) is 16.7 Å². The number of H-pyrrole nitrogens is 1. The zero-order valence-electron chi connectivity index (χ0n) is 19.2. The monoisotopic (exact) mass is 445 g/mol. The molecule has 1 N–H and O–H groups in total. The number of aromatic nitrogens is 2. The van der Waals surface area contributed by atoms with Crippen molar-refractivity contribution in [1.29, 1.82) is 0 Å². The molecule has 7 heteroatoms. The highest BCUT2D eigenvalue weighted by molar-refractivity contribution is 5.33. The van der Waals surface area contributed by atoms with Gasteiger partial charge in [-0.25, -0.2) is 4.98 Å². The van der Waals surface area contributed by atoms with Crippen LogP contribution in [0.5, 0.6) is 5.75 Å². The van der Waals surface area contributed by atoms with Gasteiger partial charge in [-0.15, -0.1) is 0 Å². The topological polar surface area (TPSA) is 64.7 Å². The van der Waals surface area contributed by atoms with Gasteiger partial charge in [-0.2, -0.15) is 0 Å². The molecule has 1 saturated heterocycles. The number of benzene rings is 2. The van der Waals surface area contributed by atoms with Crippen molar-refractivity contribution in [3.8, 4) is 5.75 Å². The summed E-state index contributed by atoms with van der Waals surface area (Å²) in [6.45, 7) is 7.02. The maximum absolute atomic E-state index is 12.4. The van der Waals surface area contributed by atoms with Crippen LogP contribution < -0.4 is 15.2 Å². The summed E-state index contributed by atoms with van der Waals surface area (Å²) in [5.74, 6) is 1.58. The smallest absolute Gasteiger partial charge is 0.252 e. The van der Waals surface area contributed by atoms with Crippen molar-refractivity contribution in [3.05, 3.63) is 87.3 Å². The first-order chi connectivity index (χ1) is 16.2. The lowest BCUT2D eigenvalue weighted by Gasteiger charge is -2.35. The number of anilines is 1. The molecule has 0 saturated carbocycles. The van der Waals surface area contributed by atoms with Crippen LogP contribution in [0, 0.1) is 0 Å². The number of hydrogen-bond acceptors (Lipinski definition) is 6. The molecule has 0 bridgehead atoms. The second kappa shape index (κ2) is 9.77. The first-order valence-electron chi connectivity index (χ1n) is 11.7. The van der Waals surface area contributed by atoms with Gasteiger partial charge in [0.25, 0.3) is 5.56 Å². The molecule has 3 heterocycles. The summed E-state index contributed by atoms with van der Waals surface area (Å²) in [6.07, 6.45) is 1.04. The standard InChI is InChI=1S/C26H31N5O2/c1-33-24-8-4-5-20(15-24)17-29-11-13-31(14-12-29)26-27-23(16-25(32)28-26)19-30-10-9-21-6-2-3-7-22(21)18-30/h2-8,15-16H,9-14,17-19H2,1H3,(H,27,28,32). The van der Waals surface area contributed by atoms with Gasteiger partial charge in [0.05, 0.1) is 12.8 Å². The summed E-state index contributed by atoms with van der Waals surface area (Å²) in [5.41, 5.74) is 4.82. The van der Waals surface area contributed by atoms with E-state index < -0.39 is 0 Å². The average Bonchev–Trinajstić information content (AvgIpc) is 2.84. The lowest BCUT2D eigenvalue weighted by atomic mass is 10.00. The molecule has 33 heavy (non-hydrogen) atoms. The SMILES string of the molecule is COc1cccc(CN2CCN(c3nc(CN4CCc5ccccc5C4)cc(=O)[nH]3)CC2)c1. The van der Waals surface area contributed by atoms with E-state index >= 15 is 0 Å². The summed E-state index contributed by atoms with van der Waals surface area (Å²) in [5, 5.41) is 0. The second-order valence-electron chi connectivity index (χ2n) is 8.90. The van der Waals surface area contributed by atoms with Gasteiger partial charge >= 0.3 is 0 Å². The van der Waals surface area contributed by atoms with E-state index in [9.17, 15) is 4.79 Å². The normalized spacial score (nSPS) is 17.1. The number of hydrogen-bond donors (Lipinski definition) is 1. The minimum atomic E-state index is -0.0776. The van der Waals surface area contributed by atoms with Gasteiger partial charge in [0.1, 0.15) is 5.75 Å². The van der Waals surface area contributed by atoms with Crippen LogP contribution in [0.1, 0.15) is 22.4 Å². The van der Waals surface area contributed by atoms with Crippen LogP contribution in [0.25, 0.3) is 0 Å². The van der Waals surface area contributed by atoms with E-state index in [0.29, 0.717) is 12.5 Å². The van der Waals surface area contributed by atoms with Crippen LogP contribution in [0.4, 0.5) is 5.95 Å². The lowest BCUT2D eigenvalue weighted by Crippen LogP contribution is -2.47. The highest BCUT2D eigenvalue weighted by Crippen LogP contribution is 2.20. The molecule has 0 radical (unpaired) electrons. The van der Waals surface area contributed by atoms with E-state index in [-0.39, 0.29) is 5.56 Å². The van der Waals surface area contributed by atoms with Crippen molar-refractivity contribution < 1.29 is 4.74 Å². The number of aromatic amines is 1. The first-order valence-corrected chi connectivity index (χ1v) is 11.7. The predicted octanol–water partition coefficient (Wildman–Crippen LogP) is 2.66. The van der Waals surface area contributed by atoms with E-state index in [1.54, 1.807) is 13.2 Å². The number of piperazine rings is 1. The largest absolute Gasteiger partial charge is 0.497 e. The Morgan fingerprint density at radius 2 is 1.73 bits per heavy atom. The summed E-state index contributed by atoms with van der Waals surface area (Å²) in [7, 11) is 1.70. The molecular weight excluding hydrogens is 414 g/mol. The maximum Gasteiger partial charge on any atom is 0.252 e. The van der Waals surface area contributed by atoms with E-state index in [4.69, 9.17) is 9.72 Å². The van der Waals surface area contributed by atoms with Crippen molar-refractivity contribution in [1.82, 2.24) is 19.8 Å². The first kappa shape index (κ1) is 21.7. The van der Waals surface area contributed by atoms with Gasteiger partial charge in [0.2, 0.25) is 5.95 Å². The molecule has 2 aliphatic heterocycles. The third-order valence-electron chi connectivity index (χ3n) is 6.59. The molecule has 0 spiro atoms. The zero-order chi connectivity index (χ0) is 22.6. The number of methoxy groups -OCH3 is 1. The number of nitrogens with one attached hydrogen (secondary N) is 1. The number of fused-ring (bicyclic) bond motifs is 1. The molecular formula is C26H31N5O2. The fourth-order valence-corrected chi connectivity index (χ4v) is 4.79. The van der Waals surface area contributed by atoms with Crippen LogP contribution in [0.15, 0.2) is 59.4 Å². The molecule has 2 aliphatic rings. The Morgan fingerprint density at radius 1 is 0.909 bits per heavy atom. The Hall–Kier alpha value is -3.16. The highest BCUT2D eigenvalue weighted by Gasteiger charge is 2.21. The fraction of sp³-hybridized carbons (Fsp3) is 0.385. The maximum atomic E-state index is 12.4. The Kier molecular flexibility index (Phi) is 6.41. The Balaban J connectivity index is 1.20. The molecule has 0 amide bonds. The van der Waals surface area contributed by atoms with E-state index in [2.05, 4.69) is 56.1 Å². The Morgan fingerprint density at radius 3 is 2.55 bits per heavy atom. The van der Waals surface area contributed by atoms with Crippen LogP contribution >= 0.6 is 0 Å². The molecule has 5 rings (SSSR count). The summed E-state index contributed by atoms with van der Waals surface area (Å²) in [4.78, 5) is 27.2. The lowest BCUT2D eigenvalue weighted by molar-refractivity contribution is 0.241. The van der Waals surface area contributed by atoms with Gasteiger partial charge in [-0.3, -0.25) is 19.6 Å². The zero-order valence-corrected chi connectivity index (χ0v) is 19.2. The van der Waals surface area contributed by atoms with Crippen molar-refractivity contribution >= 4 is 5.95 Å². The quantitative estimate of drug-likeness (QED) is 0.629. The molecule has 172 valence electrons. The third-order valence-corrected chi connectivity index (χ3v) is 6.59. The summed E-state index contributed by atoms with van der Waals surface area (Å²) < 4.78 is 5.34. The van der Waals surface area contributed by atoms with Crippen molar-refractivity contribution in [2.45, 2.75) is 26.1 Å². The molecule has 7 nitrogen and oxygen atoms in total. The molecule has 3 aromatic rings. The van der Waals surface area contributed by atoms with Gasteiger partial charge in [0, 0.05) is 58.4 Å². The van der Waals surface area contributed by atoms with Gasteiger partial charge < -0.3 is 9.64 Å². The highest BCUT2D eigenvalue weighted by atomic mass is 16.5. The van der Waals surface area contributed by atoms with E-state index in [0.717, 1.165) is 63.7 Å². The van der Waals surface area contributed by atoms with Gasteiger partial charge in [0.15, 0.2) is 0 Å². The Labute approximate surface area is 194 Å². The third kappa shape index (κ3) is 5.26. The van der Waals surface area contributed by atoms with Gasteiger partial charge in [-0.1, -0.05) is 36.4 Å². The average molecular weight is 446 g/mol. The fourth-order valence-electron chi connectivity index (χ4n) is 4.79. The summed E-state index contributed by atoms with van der Waals surface area (Å²) >= 11 is 0. The molecule has 2 aromatic carbocycles. The second-order valence-corrected chi connectivity index (χ2v) is 8.90. The number of nitrogens with zero attached hydrogens (tertiary/aromatic N) is 4.